The highest BCUT2D eigenvalue weighted by molar-refractivity contribution is 6.06. The van der Waals surface area contributed by atoms with Crippen LogP contribution in [0, 0.1) is 6.92 Å². The second-order valence-corrected chi connectivity index (χ2v) is 5.69. The van der Waals surface area contributed by atoms with E-state index in [0.717, 1.165) is 28.8 Å². The first-order valence-electron chi connectivity index (χ1n) is 7.79. The largest absolute Gasteiger partial charge is 0.347 e. The van der Waals surface area contributed by atoms with Gasteiger partial charge in [-0.1, -0.05) is 13.0 Å². The lowest BCUT2D eigenvalue weighted by molar-refractivity contribution is 0.0940. The van der Waals surface area contributed by atoms with Crippen molar-refractivity contribution < 1.29 is 4.79 Å². The van der Waals surface area contributed by atoms with Crippen LogP contribution in [0.1, 0.15) is 47.3 Å². The van der Waals surface area contributed by atoms with Crippen molar-refractivity contribution >= 4 is 16.8 Å². The molecule has 3 rings (SSSR count). The van der Waals surface area contributed by atoms with Crippen molar-refractivity contribution in [3.8, 4) is 0 Å². The molecular weight excluding hydrogens is 288 g/mol. The zero-order chi connectivity index (χ0) is 16.4. The normalized spacial score (nSPS) is 12.3. The van der Waals surface area contributed by atoms with Gasteiger partial charge in [-0.2, -0.15) is 0 Å². The van der Waals surface area contributed by atoms with Crippen LogP contribution < -0.4 is 5.32 Å². The van der Waals surface area contributed by atoms with Gasteiger partial charge in [-0.25, -0.2) is 4.98 Å². The zero-order valence-electron chi connectivity index (χ0n) is 13.6. The third-order valence-electron chi connectivity index (χ3n) is 3.93. The number of rotatable bonds is 4. The van der Waals surface area contributed by atoms with E-state index in [4.69, 9.17) is 0 Å². The van der Waals surface area contributed by atoms with Gasteiger partial charge < -0.3 is 10.3 Å². The summed E-state index contributed by atoms with van der Waals surface area (Å²) in [6.45, 7) is 5.91. The van der Waals surface area contributed by atoms with Crippen molar-refractivity contribution in [2.45, 2.75) is 33.2 Å². The molecule has 1 atom stereocenters. The molecule has 0 spiro atoms. The molecule has 0 fully saturated rings. The fourth-order valence-electron chi connectivity index (χ4n) is 2.67. The highest BCUT2D eigenvalue weighted by atomic mass is 16.1. The summed E-state index contributed by atoms with van der Waals surface area (Å²) in [5, 5.41) is 3.88. The van der Waals surface area contributed by atoms with Crippen LogP contribution in [-0.2, 0) is 6.42 Å². The highest BCUT2D eigenvalue weighted by Crippen LogP contribution is 2.21. The number of aromatic nitrogens is 3. The standard InChI is InChI=1S/C18H20N4O/c1-4-13-5-6-16-14(10-13)15(9-11(2)21-16)18(23)22-12(3)17-19-7-8-20-17/h5-10,12H,4H2,1-3H3,(H,19,20)(H,22,23)/t12-/m1/s1. The first kappa shape index (κ1) is 15.2. The smallest absolute Gasteiger partial charge is 0.252 e. The SMILES string of the molecule is CCc1ccc2nc(C)cc(C(=O)N[C@H](C)c3ncc[nH]3)c2c1. The lowest BCUT2D eigenvalue weighted by atomic mass is 10.0. The molecule has 0 radical (unpaired) electrons. The molecule has 0 bridgehead atoms. The molecular formula is C18H20N4O. The predicted octanol–water partition coefficient (Wildman–Crippen LogP) is 3.32. The molecule has 3 aromatic rings. The Bertz CT molecular complexity index is 840. The molecule has 0 aliphatic heterocycles. The molecule has 23 heavy (non-hydrogen) atoms. The van der Waals surface area contributed by atoms with Gasteiger partial charge in [-0.05, 0) is 44.0 Å². The molecule has 1 aromatic carbocycles. The predicted molar refractivity (Wildman–Crippen MR) is 90.3 cm³/mol. The molecule has 2 aromatic heterocycles. The van der Waals surface area contributed by atoms with Crippen molar-refractivity contribution in [1.29, 1.82) is 0 Å². The highest BCUT2D eigenvalue weighted by Gasteiger charge is 2.16. The Hall–Kier alpha value is -2.69. The Labute approximate surface area is 135 Å². The zero-order valence-corrected chi connectivity index (χ0v) is 13.6. The van der Waals surface area contributed by atoms with E-state index < -0.39 is 0 Å². The topological polar surface area (TPSA) is 70.7 Å². The first-order chi connectivity index (χ1) is 11.1. The van der Waals surface area contributed by atoms with Gasteiger partial charge in [0.1, 0.15) is 5.82 Å². The fraction of sp³-hybridized carbons (Fsp3) is 0.278. The van der Waals surface area contributed by atoms with E-state index >= 15 is 0 Å². The second kappa shape index (κ2) is 6.20. The number of aryl methyl sites for hydroxylation is 2. The van der Waals surface area contributed by atoms with Crippen LogP contribution in [0.4, 0.5) is 0 Å². The number of aromatic amines is 1. The van der Waals surface area contributed by atoms with Gasteiger partial charge in [0.2, 0.25) is 0 Å². The summed E-state index contributed by atoms with van der Waals surface area (Å²) in [7, 11) is 0. The molecule has 2 heterocycles. The van der Waals surface area contributed by atoms with E-state index in [1.165, 1.54) is 5.56 Å². The maximum Gasteiger partial charge on any atom is 0.252 e. The number of nitrogens with zero attached hydrogens (tertiary/aromatic N) is 2. The molecule has 0 saturated carbocycles. The van der Waals surface area contributed by atoms with Gasteiger partial charge in [0.25, 0.3) is 5.91 Å². The molecule has 0 aliphatic carbocycles. The van der Waals surface area contributed by atoms with Crippen molar-refractivity contribution in [3.63, 3.8) is 0 Å². The molecule has 0 unspecified atom stereocenters. The molecule has 118 valence electrons. The number of H-pyrrole nitrogens is 1. The van der Waals surface area contributed by atoms with E-state index in [1.54, 1.807) is 12.4 Å². The van der Waals surface area contributed by atoms with Gasteiger partial charge in [0.15, 0.2) is 0 Å². The molecule has 2 N–H and O–H groups in total. The van der Waals surface area contributed by atoms with Crippen molar-refractivity contribution in [2.75, 3.05) is 0 Å². The van der Waals surface area contributed by atoms with Crippen LogP contribution in [0.3, 0.4) is 0 Å². The van der Waals surface area contributed by atoms with Gasteiger partial charge in [-0.3, -0.25) is 9.78 Å². The van der Waals surface area contributed by atoms with E-state index in [0.29, 0.717) is 5.56 Å². The first-order valence-corrected chi connectivity index (χ1v) is 7.79. The summed E-state index contributed by atoms with van der Waals surface area (Å²) in [6.07, 6.45) is 4.35. The van der Waals surface area contributed by atoms with Crippen LogP contribution in [0.15, 0.2) is 36.7 Å². The lowest BCUT2D eigenvalue weighted by Gasteiger charge is -2.14. The van der Waals surface area contributed by atoms with Crippen LogP contribution in [0.25, 0.3) is 10.9 Å². The minimum Gasteiger partial charge on any atom is -0.347 e. The molecule has 5 heteroatoms. The number of imidazole rings is 1. The second-order valence-electron chi connectivity index (χ2n) is 5.69. The summed E-state index contributed by atoms with van der Waals surface area (Å²) in [5.74, 6) is 0.625. The summed E-state index contributed by atoms with van der Waals surface area (Å²) in [5.41, 5.74) is 3.52. The molecule has 0 aliphatic rings. The number of fused-ring (bicyclic) bond motifs is 1. The summed E-state index contributed by atoms with van der Waals surface area (Å²) in [4.78, 5) is 24.5. The van der Waals surface area contributed by atoms with Gasteiger partial charge in [0, 0.05) is 23.5 Å². The van der Waals surface area contributed by atoms with E-state index in [1.807, 2.05) is 32.0 Å². The number of hydrogen-bond acceptors (Lipinski definition) is 3. The van der Waals surface area contributed by atoms with Gasteiger partial charge in [0.05, 0.1) is 17.1 Å². The number of carbonyl (C=O) groups is 1. The van der Waals surface area contributed by atoms with Gasteiger partial charge >= 0.3 is 0 Å². The van der Waals surface area contributed by atoms with Crippen molar-refractivity contribution in [1.82, 2.24) is 20.3 Å². The Morgan fingerprint density at radius 2 is 2.17 bits per heavy atom. The van der Waals surface area contributed by atoms with E-state index in [-0.39, 0.29) is 11.9 Å². The molecule has 1 amide bonds. The Morgan fingerprint density at radius 1 is 1.35 bits per heavy atom. The van der Waals surface area contributed by atoms with E-state index in [9.17, 15) is 4.79 Å². The summed E-state index contributed by atoms with van der Waals surface area (Å²) < 4.78 is 0. The minimum absolute atomic E-state index is 0.113. The Morgan fingerprint density at radius 3 is 2.87 bits per heavy atom. The Balaban J connectivity index is 1.98. The summed E-state index contributed by atoms with van der Waals surface area (Å²) in [6, 6.07) is 7.74. The average Bonchev–Trinajstić information content (AvgIpc) is 3.08. The number of hydrogen-bond donors (Lipinski definition) is 2. The van der Waals surface area contributed by atoms with E-state index in [2.05, 4.69) is 33.3 Å². The van der Waals surface area contributed by atoms with Crippen molar-refractivity contribution in [3.05, 3.63) is 59.3 Å². The van der Waals surface area contributed by atoms with Crippen molar-refractivity contribution in [2.24, 2.45) is 0 Å². The third kappa shape index (κ3) is 3.08. The number of nitrogens with one attached hydrogen (secondary N) is 2. The average molecular weight is 308 g/mol. The Kier molecular flexibility index (Phi) is 4.10. The van der Waals surface area contributed by atoms with Crippen LogP contribution in [0.2, 0.25) is 0 Å². The maximum atomic E-state index is 12.7. The monoisotopic (exact) mass is 308 g/mol. The molecule has 0 saturated heterocycles. The quantitative estimate of drug-likeness (QED) is 0.776. The van der Waals surface area contributed by atoms with Gasteiger partial charge in [-0.15, -0.1) is 0 Å². The van der Waals surface area contributed by atoms with Crippen LogP contribution >= 0.6 is 0 Å². The number of amides is 1. The van der Waals surface area contributed by atoms with Crippen LogP contribution in [0.5, 0.6) is 0 Å². The minimum atomic E-state index is -0.185. The number of pyridine rings is 1. The lowest BCUT2D eigenvalue weighted by Crippen LogP contribution is -2.27. The number of benzene rings is 1. The van der Waals surface area contributed by atoms with Crippen LogP contribution in [-0.4, -0.2) is 20.9 Å². The molecule has 5 nitrogen and oxygen atoms in total. The number of carbonyl (C=O) groups excluding carboxylic acids is 1. The summed E-state index contributed by atoms with van der Waals surface area (Å²) >= 11 is 0. The fourth-order valence-corrected chi connectivity index (χ4v) is 2.67. The third-order valence-corrected chi connectivity index (χ3v) is 3.93. The maximum absolute atomic E-state index is 12.7.